The highest BCUT2D eigenvalue weighted by Gasteiger charge is 2.16. The second-order valence-corrected chi connectivity index (χ2v) is 7.44. The van der Waals surface area contributed by atoms with E-state index in [0.29, 0.717) is 13.0 Å². The zero-order valence-corrected chi connectivity index (χ0v) is 14.5. The summed E-state index contributed by atoms with van der Waals surface area (Å²) in [7, 11) is -3.39. The number of aromatic nitrogens is 1. The quantitative estimate of drug-likeness (QED) is 0.712. The fourth-order valence-electron chi connectivity index (χ4n) is 2.62. The van der Waals surface area contributed by atoms with Crippen molar-refractivity contribution in [2.45, 2.75) is 32.7 Å². The maximum Gasteiger partial charge on any atom is 0.237 e. The Balaban J connectivity index is 1.96. The SMILES string of the molecule is CCc1cccc2c(CCNC(=O)[C@@H](C)NS(C)(=O)=O)c[nH]c12. The molecule has 0 saturated carbocycles. The zero-order chi connectivity index (χ0) is 17.0. The molecule has 0 bridgehead atoms. The highest BCUT2D eigenvalue weighted by atomic mass is 32.2. The van der Waals surface area contributed by atoms with E-state index in [1.807, 2.05) is 12.3 Å². The van der Waals surface area contributed by atoms with Crippen LogP contribution in [0.3, 0.4) is 0 Å². The monoisotopic (exact) mass is 337 g/mol. The van der Waals surface area contributed by atoms with Gasteiger partial charge >= 0.3 is 0 Å². The molecule has 0 saturated heterocycles. The topological polar surface area (TPSA) is 91.1 Å². The molecular weight excluding hydrogens is 314 g/mol. The maximum absolute atomic E-state index is 11.9. The molecule has 0 radical (unpaired) electrons. The van der Waals surface area contributed by atoms with Crippen molar-refractivity contribution in [3.05, 3.63) is 35.5 Å². The number of carbonyl (C=O) groups excluding carboxylic acids is 1. The van der Waals surface area contributed by atoms with E-state index in [1.165, 1.54) is 17.9 Å². The van der Waals surface area contributed by atoms with E-state index in [0.717, 1.165) is 23.8 Å². The number of hydrogen-bond acceptors (Lipinski definition) is 3. The number of aryl methyl sites for hydroxylation is 1. The number of fused-ring (bicyclic) bond motifs is 1. The van der Waals surface area contributed by atoms with Crippen LogP contribution in [0.5, 0.6) is 0 Å². The van der Waals surface area contributed by atoms with E-state index in [9.17, 15) is 13.2 Å². The normalized spacial score (nSPS) is 13.2. The fourth-order valence-corrected chi connectivity index (χ4v) is 3.37. The summed E-state index contributed by atoms with van der Waals surface area (Å²) in [5.74, 6) is -0.329. The van der Waals surface area contributed by atoms with Gasteiger partial charge in [-0.3, -0.25) is 4.79 Å². The van der Waals surface area contributed by atoms with Gasteiger partial charge in [-0.05, 0) is 30.9 Å². The van der Waals surface area contributed by atoms with Crippen LogP contribution in [0.1, 0.15) is 25.0 Å². The molecule has 0 aliphatic heterocycles. The Morgan fingerprint density at radius 1 is 1.30 bits per heavy atom. The number of hydrogen-bond donors (Lipinski definition) is 3. The molecule has 0 spiro atoms. The number of nitrogens with one attached hydrogen (secondary N) is 3. The van der Waals surface area contributed by atoms with Gasteiger partial charge in [0.25, 0.3) is 0 Å². The third kappa shape index (κ3) is 4.56. The number of H-pyrrole nitrogens is 1. The molecule has 7 heteroatoms. The van der Waals surface area contributed by atoms with Crippen LogP contribution in [0.4, 0.5) is 0 Å². The highest BCUT2D eigenvalue weighted by Crippen LogP contribution is 2.22. The molecular formula is C16H23N3O3S. The molecule has 1 atom stereocenters. The molecule has 23 heavy (non-hydrogen) atoms. The van der Waals surface area contributed by atoms with Gasteiger partial charge in [0.1, 0.15) is 0 Å². The summed E-state index contributed by atoms with van der Waals surface area (Å²) in [6.07, 6.45) is 4.65. The van der Waals surface area contributed by atoms with Gasteiger partial charge in [0.05, 0.1) is 12.3 Å². The van der Waals surface area contributed by atoms with E-state index in [-0.39, 0.29) is 5.91 Å². The van der Waals surface area contributed by atoms with E-state index in [4.69, 9.17) is 0 Å². The number of para-hydroxylation sites is 1. The van der Waals surface area contributed by atoms with Gasteiger partial charge in [-0.15, -0.1) is 0 Å². The molecule has 6 nitrogen and oxygen atoms in total. The average molecular weight is 337 g/mol. The van der Waals surface area contributed by atoms with Crippen LogP contribution < -0.4 is 10.0 Å². The van der Waals surface area contributed by atoms with Gasteiger partial charge in [0, 0.05) is 23.6 Å². The third-order valence-electron chi connectivity index (χ3n) is 3.75. The standard InChI is InChI=1S/C16H23N3O3S/c1-4-12-6-5-7-14-13(10-18-15(12)14)8-9-17-16(20)11(2)19-23(3,21)22/h5-7,10-11,18-19H,4,8-9H2,1-3H3,(H,17,20)/t11-/m1/s1. The zero-order valence-electron chi connectivity index (χ0n) is 13.6. The van der Waals surface area contributed by atoms with Gasteiger partial charge in [-0.2, -0.15) is 0 Å². The first-order valence-electron chi connectivity index (χ1n) is 7.64. The molecule has 2 rings (SSSR count). The van der Waals surface area contributed by atoms with Gasteiger partial charge < -0.3 is 10.3 Å². The summed E-state index contributed by atoms with van der Waals surface area (Å²) in [5.41, 5.74) is 3.55. The summed E-state index contributed by atoms with van der Waals surface area (Å²) in [6, 6.07) is 5.42. The molecule has 0 aliphatic rings. The molecule has 2 aromatic rings. The number of sulfonamides is 1. The Labute approximate surface area is 136 Å². The minimum absolute atomic E-state index is 0.329. The molecule has 3 N–H and O–H groups in total. The second-order valence-electron chi connectivity index (χ2n) is 5.66. The second kappa shape index (κ2) is 7.14. The predicted molar refractivity (Wildman–Crippen MR) is 91.8 cm³/mol. The summed E-state index contributed by atoms with van der Waals surface area (Å²) >= 11 is 0. The van der Waals surface area contributed by atoms with Crippen molar-refractivity contribution >= 4 is 26.8 Å². The predicted octanol–water partition coefficient (Wildman–Crippen LogP) is 1.33. The molecule has 0 unspecified atom stereocenters. The smallest absolute Gasteiger partial charge is 0.237 e. The molecule has 1 amide bonds. The Morgan fingerprint density at radius 3 is 2.70 bits per heavy atom. The summed E-state index contributed by atoms with van der Waals surface area (Å²) in [4.78, 5) is 15.2. The van der Waals surface area contributed by atoms with Crippen molar-refractivity contribution in [2.75, 3.05) is 12.8 Å². The number of amides is 1. The average Bonchev–Trinajstić information content (AvgIpc) is 2.88. The van der Waals surface area contributed by atoms with Crippen LogP contribution >= 0.6 is 0 Å². The highest BCUT2D eigenvalue weighted by molar-refractivity contribution is 7.88. The minimum atomic E-state index is -3.39. The van der Waals surface area contributed by atoms with E-state index in [1.54, 1.807) is 0 Å². The number of rotatable bonds is 7. The van der Waals surface area contributed by atoms with Gasteiger partial charge in [-0.1, -0.05) is 25.1 Å². The van der Waals surface area contributed by atoms with Gasteiger partial charge in [-0.25, -0.2) is 13.1 Å². The molecule has 1 aromatic heterocycles. The molecule has 0 aliphatic carbocycles. The number of aromatic amines is 1. The molecule has 1 aromatic carbocycles. The van der Waals surface area contributed by atoms with Crippen molar-refractivity contribution in [3.63, 3.8) is 0 Å². The van der Waals surface area contributed by atoms with Crippen LogP contribution in [0, 0.1) is 0 Å². The molecule has 1 heterocycles. The lowest BCUT2D eigenvalue weighted by Gasteiger charge is -2.12. The lowest BCUT2D eigenvalue weighted by Crippen LogP contribution is -2.44. The van der Waals surface area contributed by atoms with Gasteiger partial charge in [0.15, 0.2) is 0 Å². The van der Waals surface area contributed by atoms with Crippen LogP contribution in [-0.4, -0.2) is 38.2 Å². The van der Waals surface area contributed by atoms with Crippen molar-refractivity contribution in [3.8, 4) is 0 Å². The van der Waals surface area contributed by atoms with Crippen LogP contribution in [0.25, 0.3) is 10.9 Å². The third-order valence-corrected chi connectivity index (χ3v) is 4.53. The van der Waals surface area contributed by atoms with Gasteiger partial charge in [0.2, 0.25) is 15.9 Å². The first-order valence-corrected chi connectivity index (χ1v) is 9.54. The van der Waals surface area contributed by atoms with Crippen molar-refractivity contribution in [2.24, 2.45) is 0 Å². The molecule has 126 valence electrons. The Kier molecular flexibility index (Phi) is 5.43. The number of carbonyl (C=O) groups is 1. The van der Waals surface area contributed by atoms with Crippen molar-refractivity contribution < 1.29 is 13.2 Å². The number of benzene rings is 1. The van der Waals surface area contributed by atoms with Crippen molar-refractivity contribution in [1.82, 2.24) is 15.0 Å². The summed E-state index contributed by atoms with van der Waals surface area (Å²) in [6.45, 7) is 4.10. The Bertz CT molecular complexity index is 796. The summed E-state index contributed by atoms with van der Waals surface area (Å²) in [5, 5.41) is 3.92. The first kappa shape index (κ1) is 17.5. The van der Waals surface area contributed by atoms with E-state index < -0.39 is 16.1 Å². The van der Waals surface area contributed by atoms with Crippen LogP contribution in [-0.2, 0) is 27.7 Å². The Hall–Kier alpha value is -1.86. The lowest BCUT2D eigenvalue weighted by atomic mass is 10.1. The van der Waals surface area contributed by atoms with E-state index in [2.05, 4.69) is 34.1 Å². The van der Waals surface area contributed by atoms with Crippen LogP contribution in [0.2, 0.25) is 0 Å². The maximum atomic E-state index is 11.9. The van der Waals surface area contributed by atoms with E-state index >= 15 is 0 Å². The largest absolute Gasteiger partial charge is 0.361 e. The molecule has 0 fully saturated rings. The lowest BCUT2D eigenvalue weighted by molar-refractivity contribution is -0.122. The van der Waals surface area contributed by atoms with Crippen LogP contribution in [0.15, 0.2) is 24.4 Å². The van der Waals surface area contributed by atoms with Crippen molar-refractivity contribution in [1.29, 1.82) is 0 Å². The minimum Gasteiger partial charge on any atom is -0.361 e. The summed E-state index contributed by atoms with van der Waals surface area (Å²) < 4.78 is 24.5. The Morgan fingerprint density at radius 2 is 2.04 bits per heavy atom. The fraction of sp³-hybridized carbons (Fsp3) is 0.438. The first-order chi connectivity index (χ1) is 10.8.